The van der Waals surface area contributed by atoms with Crippen LogP contribution in [0.15, 0.2) is 16.8 Å². The smallest absolute Gasteiger partial charge is 0.242 e. The number of thioether (sulfide) groups is 1. The molecule has 0 aliphatic heterocycles. The van der Waals surface area contributed by atoms with E-state index < -0.39 is 6.04 Å². The van der Waals surface area contributed by atoms with E-state index >= 15 is 0 Å². The van der Waals surface area contributed by atoms with E-state index in [9.17, 15) is 9.59 Å². The summed E-state index contributed by atoms with van der Waals surface area (Å²) in [5, 5.41) is 9.77. The Kier molecular flexibility index (Phi) is 7.69. The molecule has 0 aliphatic carbocycles. The maximum absolute atomic E-state index is 12.0. The largest absolute Gasteiger partial charge is 0.353 e. The molecule has 1 unspecified atom stereocenters. The first-order valence-corrected chi connectivity index (χ1v) is 8.74. The molecule has 112 valence electrons. The lowest BCUT2D eigenvalue weighted by atomic mass is 10.0. The van der Waals surface area contributed by atoms with Crippen molar-refractivity contribution in [3.8, 4) is 0 Å². The highest BCUT2D eigenvalue weighted by atomic mass is 32.2. The number of hydrogen-bond acceptors (Lipinski definition) is 4. The van der Waals surface area contributed by atoms with Gasteiger partial charge in [0.05, 0.1) is 0 Å². The SMILES string of the molecule is CC(=O)NC(C(=O)NCCSCc1ccsc1)C(C)C. The van der Waals surface area contributed by atoms with Crippen LogP contribution >= 0.6 is 23.1 Å². The first-order valence-electron chi connectivity index (χ1n) is 6.64. The van der Waals surface area contributed by atoms with Crippen molar-refractivity contribution in [3.05, 3.63) is 22.4 Å². The Labute approximate surface area is 128 Å². The average molecular weight is 314 g/mol. The molecule has 2 N–H and O–H groups in total. The van der Waals surface area contributed by atoms with Gasteiger partial charge in [-0.15, -0.1) is 0 Å². The van der Waals surface area contributed by atoms with Crippen LogP contribution in [-0.4, -0.2) is 30.2 Å². The molecular weight excluding hydrogens is 292 g/mol. The van der Waals surface area contributed by atoms with Crippen molar-refractivity contribution < 1.29 is 9.59 Å². The number of amides is 2. The third-order valence-corrected chi connectivity index (χ3v) is 4.46. The highest BCUT2D eigenvalue weighted by Gasteiger charge is 2.22. The lowest BCUT2D eigenvalue weighted by molar-refractivity contribution is -0.129. The topological polar surface area (TPSA) is 58.2 Å². The summed E-state index contributed by atoms with van der Waals surface area (Å²) in [6.45, 7) is 5.90. The predicted octanol–water partition coefficient (Wildman–Crippen LogP) is 2.26. The van der Waals surface area contributed by atoms with Gasteiger partial charge in [0.15, 0.2) is 0 Å². The number of thiophene rings is 1. The summed E-state index contributed by atoms with van der Waals surface area (Å²) >= 11 is 3.49. The Bertz CT molecular complexity index is 419. The maximum atomic E-state index is 12.0. The van der Waals surface area contributed by atoms with Gasteiger partial charge in [0.25, 0.3) is 0 Å². The minimum atomic E-state index is -0.450. The Morgan fingerprint density at radius 2 is 2.15 bits per heavy atom. The molecule has 0 bridgehead atoms. The van der Waals surface area contributed by atoms with Crippen LogP contribution in [0.25, 0.3) is 0 Å². The molecule has 0 aliphatic rings. The van der Waals surface area contributed by atoms with Gasteiger partial charge in [-0.05, 0) is 28.3 Å². The van der Waals surface area contributed by atoms with Crippen molar-refractivity contribution in [3.63, 3.8) is 0 Å². The fourth-order valence-corrected chi connectivity index (χ4v) is 3.26. The predicted molar refractivity (Wildman–Crippen MR) is 85.9 cm³/mol. The zero-order chi connectivity index (χ0) is 15.0. The number of rotatable bonds is 8. The van der Waals surface area contributed by atoms with E-state index in [1.165, 1.54) is 12.5 Å². The fourth-order valence-electron chi connectivity index (χ4n) is 1.68. The first kappa shape index (κ1) is 17.0. The summed E-state index contributed by atoms with van der Waals surface area (Å²) in [6.07, 6.45) is 0. The Morgan fingerprint density at radius 1 is 1.40 bits per heavy atom. The summed E-state index contributed by atoms with van der Waals surface area (Å²) in [5.41, 5.74) is 1.32. The third kappa shape index (κ3) is 6.43. The van der Waals surface area contributed by atoms with E-state index in [4.69, 9.17) is 0 Å². The molecule has 0 aromatic carbocycles. The second-order valence-corrected chi connectivity index (χ2v) is 6.78. The van der Waals surface area contributed by atoms with Crippen LogP contribution in [0.1, 0.15) is 26.3 Å². The summed E-state index contributed by atoms with van der Waals surface area (Å²) < 4.78 is 0. The Morgan fingerprint density at radius 3 is 2.70 bits per heavy atom. The van der Waals surface area contributed by atoms with E-state index in [0.717, 1.165) is 11.5 Å². The number of carbonyl (C=O) groups is 2. The molecule has 20 heavy (non-hydrogen) atoms. The van der Waals surface area contributed by atoms with Gasteiger partial charge >= 0.3 is 0 Å². The van der Waals surface area contributed by atoms with Crippen LogP contribution in [0.4, 0.5) is 0 Å². The quantitative estimate of drug-likeness (QED) is 0.724. The normalized spacial score (nSPS) is 12.2. The molecule has 0 saturated heterocycles. The van der Waals surface area contributed by atoms with Gasteiger partial charge in [-0.1, -0.05) is 13.8 Å². The van der Waals surface area contributed by atoms with Gasteiger partial charge in [-0.25, -0.2) is 0 Å². The van der Waals surface area contributed by atoms with Crippen molar-refractivity contribution >= 4 is 34.9 Å². The molecule has 1 aromatic heterocycles. The number of nitrogens with one attached hydrogen (secondary N) is 2. The van der Waals surface area contributed by atoms with Crippen molar-refractivity contribution in [2.24, 2.45) is 5.92 Å². The Balaban J connectivity index is 2.22. The molecule has 1 heterocycles. The molecule has 0 saturated carbocycles. The minimum absolute atomic E-state index is 0.0809. The highest BCUT2D eigenvalue weighted by molar-refractivity contribution is 7.98. The standard InChI is InChI=1S/C14H22N2O2S2/c1-10(2)13(16-11(3)17)14(18)15-5-7-20-9-12-4-6-19-8-12/h4,6,8,10,13H,5,7,9H2,1-3H3,(H,15,18)(H,16,17). The average Bonchev–Trinajstić information content (AvgIpc) is 2.87. The van der Waals surface area contributed by atoms with Crippen molar-refractivity contribution in [2.45, 2.75) is 32.6 Å². The van der Waals surface area contributed by atoms with Crippen molar-refractivity contribution in [1.82, 2.24) is 10.6 Å². The van der Waals surface area contributed by atoms with Gasteiger partial charge in [0.2, 0.25) is 11.8 Å². The molecule has 1 atom stereocenters. The van der Waals surface area contributed by atoms with Crippen molar-refractivity contribution in [1.29, 1.82) is 0 Å². The molecule has 1 aromatic rings. The zero-order valence-electron chi connectivity index (χ0n) is 12.1. The first-order chi connectivity index (χ1) is 9.50. The molecular formula is C14H22N2O2S2. The second-order valence-electron chi connectivity index (χ2n) is 4.90. The lowest BCUT2D eigenvalue weighted by Crippen LogP contribution is -2.49. The van der Waals surface area contributed by atoms with Crippen LogP contribution in [0.2, 0.25) is 0 Å². The zero-order valence-corrected chi connectivity index (χ0v) is 13.8. The van der Waals surface area contributed by atoms with E-state index in [2.05, 4.69) is 27.5 Å². The second kappa shape index (κ2) is 9.02. The van der Waals surface area contributed by atoms with Crippen LogP contribution < -0.4 is 10.6 Å². The highest BCUT2D eigenvalue weighted by Crippen LogP contribution is 2.14. The van der Waals surface area contributed by atoms with E-state index in [1.807, 2.05) is 13.8 Å². The van der Waals surface area contributed by atoms with E-state index in [-0.39, 0.29) is 17.7 Å². The summed E-state index contributed by atoms with van der Waals surface area (Å²) in [5.74, 6) is 1.64. The van der Waals surface area contributed by atoms with Gasteiger partial charge < -0.3 is 10.6 Å². The molecule has 0 spiro atoms. The maximum Gasteiger partial charge on any atom is 0.242 e. The van der Waals surface area contributed by atoms with Gasteiger partial charge in [0.1, 0.15) is 6.04 Å². The third-order valence-electron chi connectivity index (χ3n) is 2.70. The van der Waals surface area contributed by atoms with Gasteiger partial charge in [-0.2, -0.15) is 23.1 Å². The van der Waals surface area contributed by atoms with Gasteiger partial charge in [0, 0.05) is 25.0 Å². The minimum Gasteiger partial charge on any atom is -0.353 e. The van der Waals surface area contributed by atoms with Crippen LogP contribution in [-0.2, 0) is 15.3 Å². The van der Waals surface area contributed by atoms with E-state index in [1.54, 1.807) is 23.1 Å². The molecule has 1 rings (SSSR count). The Hall–Kier alpha value is -1.01. The van der Waals surface area contributed by atoms with Crippen LogP contribution in [0, 0.1) is 5.92 Å². The summed E-state index contributed by atoms with van der Waals surface area (Å²) in [6, 6.07) is 1.66. The lowest BCUT2D eigenvalue weighted by Gasteiger charge is -2.20. The number of hydrogen-bond donors (Lipinski definition) is 2. The summed E-state index contributed by atoms with van der Waals surface area (Å²) in [7, 11) is 0. The fraction of sp³-hybridized carbons (Fsp3) is 0.571. The molecule has 0 fully saturated rings. The molecule has 0 radical (unpaired) electrons. The molecule has 4 nitrogen and oxygen atoms in total. The molecule has 6 heteroatoms. The van der Waals surface area contributed by atoms with Crippen molar-refractivity contribution in [2.75, 3.05) is 12.3 Å². The monoisotopic (exact) mass is 314 g/mol. The van der Waals surface area contributed by atoms with Crippen LogP contribution in [0.5, 0.6) is 0 Å². The van der Waals surface area contributed by atoms with Gasteiger partial charge in [-0.3, -0.25) is 9.59 Å². The summed E-state index contributed by atoms with van der Waals surface area (Å²) in [4.78, 5) is 23.1. The molecule has 2 amide bonds. The number of carbonyl (C=O) groups excluding carboxylic acids is 2. The van der Waals surface area contributed by atoms with Crippen LogP contribution in [0.3, 0.4) is 0 Å². The van der Waals surface area contributed by atoms with E-state index in [0.29, 0.717) is 6.54 Å².